The number of fused-ring (bicyclic) bond motifs is 3. The monoisotopic (exact) mass is 579 g/mol. The first kappa shape index (κ1) is 27.6. The molecule has 0 aliphatic rings. The Morgan fingerprint density at radius 1 is 0.814 bits per heavy atom. The van der Waals surface area contributed by atoms with E-state index in [9.17, 15) is 0 Å². The number of oxime groups is 1. The summed E-state index contributed by atoms with van der Waals surface area (Å²) in [6.07, 6.45) is 1.57. The normalized spacial score (nSPS) is 11.6. The molecule has 0 aliphatic heterocycles. The van der Waals surface area contributed by atoms with Gasteiger partial charge in [0.1, 0.15) is 23.6 Å². The molecule has 0 N–H and O–H groups in total. The summed E-state index contributed by atoms with van der Waals surface area (Å²) in [6.45, 7) is 1.90. The van der Waals surface area contributed by atoms with Crippen LogP contribution in [0.4, 0.5) is 0 Å². The average molecular weight is 580 g/mol. The summed E-state index contributed by atoms with van der Waals surface area (Å²) in [4.78, 5) is 15.0. The van der Waals surface area contributed by atoms with Crippen molar-refractivity contribution >= 4 is 22.5 Å². The second-order valence-corrected chi connectivity index (χ2v) is 9.50. The second-order valence-electron chi connectivity index (χ2n) is 9.50. The fourth-order valence-corrected chi connectivity index (χ4v) is 4.78. The molecule has 0 saturated heterocycles. The molecule has 218 valence electrons. The molecular formula is C32H29N5O6. The molecule has 6 aromatic rings. The third-order valence-corrected chi connectivity index (χ3v) is 7.00. The Kier molecular flexibility index (Phi) is 7.52. The Balaban J connectivity index is 1.37. The summed E-state index contributed by atoms with van der Waals surface area (Å²) < 4.78 is 29.4. The van der Waals surface area contributed by atoms with Crippen LogP contribution in [-0.2, 0) is 11.4 Å². The fourth-order valence-electron chi connectivity index (χ4n) is 4.78. The van der Waals surface area contributed by atoms with Crippen LogP contribution in [0.25, 0.3) is 39.2 Å². The van der Waals surface area contributed by atoms with Gasteiger partial charge in [-0.3, -0.25) is 0 Å². The molecule has 0 amide bonds. The third kappa shape index (κ3) is 5.28. The van der Waals surface area contributed by atoms with Gasteiger partial charge >= 0.3 is 0 Å². The maximum absolute atomic E-state index is 6.35. The van der Waals surface area contributed by atoms with Gasteiger partial charge in [-0.25, -0.2) is 14.5 Å². The summed E-state index contributed by atoms with van der Waals surface area (Å²) >= 11 is 0. The van der Waals surface area contributed by atoms with E-state index in [1.165, 1.54) is 0 Å². The lowest BCUT2D eigenvalue weighted by Gasteiger charge is -2.09. The van der Waals surface area contributed by atoms with Gasteiger partial charge in [0, 0.05) is 16.7 Å². The molecule has 0 spiro atoms. The number of ether oxygens (including phenoxy) is 4. The molecule has 0 atom stereocenters. The van der Waals surface area contributed by atoms with Gasteiger partial charge in [0.15, 0.2) is 29.6 Å². The van der Waals surface area contributed by atoms with Gasteiger partial charge in [0.2, 0.25) is 5.71 Å². The van der Waals surface area contributed by atoms with Crippen molar-refractivity contribution < 1.29 is 28.2 Å². The summed E-state index contributed by atoms with van der Waals surface area (Å²) in [5, 5.41) is 9.57. The second kappa shape index (κ2) is 11.7. The van der Waals surface area contributed by atoms with Gasteiger partial charge in [-0.2, -0.15) is 0 Å². The lowest BCUT2D eigenvalue weighted by atomic mass is 9.99. The Morgan fingerprint density at radius 2 is 1.49 bits per heavy atom. The van der Waals surface area contributed by atoms with Gasteiger partial charge < -0.3 is 28.2 Å². The lowest BCUT2D eigenvalue weighted by molar-refractivity contribution is 0.125. The molecule has 0 bridgehead atoms. The van der Waals surface area contributed by atoms with Crippen molar-refractivity contribution in [3.63, 3.8) is 0 Å². The molecule has 11 heteroatoms. The van der Waals surface area contributed by atoms with Crippen LogP contribution in [0.2, 0.25) is 0 Å². The van der Waals surface area contributed by atoms with E-state index in [2.05, 4.69) is 15.2 Å². The molecule has 3 aromatic carbocycles. The summed E-state index contributed by atoms with van der Waals surface area (Å²) in [6, 6.07) is 21.0. The van der Waals surface area contributed by atoms with Crippen LogP contribution < -0.4 is 18.9 Å². The average Bonchev–Trinajstić information content (AvgIpc) is 3.66. The van der Waals surface area contributed by atoms with Crippen molar-refractivity contribution in [1.82, 2.24) is 19.6 Å². The minimum Gasteiger partial charge on any atom is -0.497 e. The smallest absolute Gasteiger partial charge is 0.232 e. The molecular weight excluding hydrogens is 550 g/mol. The zero-order valence-corrected chi connectivity index (χ0v) is 24.3. The van der Waals surface area contributed by atoms with Crippen LogP contribution in [0.1, 0.15) is 18.3 Å². The number of furan rings is 1. The predicted octanol–water partition coefficient (Wildman–Crippen LogP) is 6.18. The van der Waals surface area contributed by atoms with Crippen molar-refractivity contribution in [3.8, 4) is 45.4 Å². The quantitative estimate of drug-likeness (QED) is 0.139. The molecule has 11 nitrogen and oxygen atoms in total. The molecule has 0 saturated carbocycles. The van der Waals surface area contributed by atoms with E-state index < -0.39 is 0 Å². The lowest BCUT2D eigenvalue weighted by Crippen LogP contribution is -1.99. The number of rotatable bonds is 10. The molecule has 0 unspecified atom stereocenters. The first-order chi connectivity index (χ1) is 21.0. The van der Waals surface area contributed by atoms with Gasteiger partial charge in [0.05, 0.1) is 39.5 Å². The Bertz CT molecular complexity index is 1930. The summed E-state index contributed by atoms with van der Waals surface area (Å²) in [5.41, 5.74) is 5.13. The Morgan fingerprint density at radius 3 is 2.14 bits per heavy atom. The topological polar surface area (TPSA) is 115 Å². The van der Waals surface area contributed by atoms with E-state index >= 15 is 0 Å². The highest BCUT2D eigenvalue weighted by Gasteiger charge is 2.23. The van der Waals surface area contributed by atoms with Crippen molar-refractivity contribution in [2.75, 3.05) is 28.4 Å². The Hall–Kier alpha value is -5.58. The standard InChI is InChI=1S/C32H29N5O6/c1-19(22-10-15-25(40-4)26(16-22)41-5)36-42-17-27-34-31-29-28(20-6-11-23(38-2)12-7-20)30(21-8-13-24(39-3)14-9-21)43-32(29)33-18-37(31)35-27/h6-16,18H,17H2,1-5H3/b36-19-. The summed E-state index contributed by atoms with van der Waals surface area (Å²) in [7, 11) is 6.45. The number of hydrogen-bond acceptors (Lipinski definition) is 10. The van der Waals surface area contributed by atoms with Crippen molar-refractivity contribution in [1.29, 1.82) is 0 Å². The maximum atomic E-state index is 6.35. The van der Waals surface area contributed by atoms with Gasteiger partial charge in [-0.15, -0.1) is 5.10 Å². The van der Waals surface area contributed by atoms with Crippen molar-refractivity contribution in [3.05, 3.63) is 84.4 Å². The predicted molar refractivity (Wildman–Crippen MR) is 161 cm³/mol. The number of benzene rings is 3. The van der Waals surface area contributed by atoms with Crippen LogP contribution in [0.5, 0.6) is 23.0 Å². The molecule has 3 heterocycles. The van der Waals surface area contributed by atoms with E-state index in [4.69, 9.17) is 33.2 Å². The van der Waals surface area contributed by atoms with E-state index in [0.29, 0.717) is 40.2 Å². The highest BCUT2D eigenvalue weighted by Crippen LogP contribution is 2.42. The SMILES string of the molecule is COc1ccc(-c2oc3ncn4nc(CO/N=C(/C)c5ccc(OC)c(OC)c5)nc4c3c2-c2ccc(OC)cc2)cc1. The zero-order valence-electron chi connectivity index (χ0n) is 24.3. The molecule has 6 rings (SSSR count). The first-order valence-electron chi connectivity index (χ1n) is 13.4. The molecule has 0 aliphatic carbocycles. The van der Waals surface area contributed by atoms with Crippen molar-refractivity contribution in [2.24, 2.45) is 5.16 Å². The number of nitrogens with zero attached hydrogens (tertiary/aromatic N) is 5. The number of hydrogen-bond donors (Lipinski definition) is 0. The van der Waals surface area contributed by atoms with E-state index in [0.717, 1.165) is 39.1 Å². The van der Waals surface area contributed by atoms with Gasteiger partial charge in [-0.05, 0) is 67.1 Å². The minimum atomic E-state index is 0.0505. The Labute approximate surface area is 247 Å². The third-order valence-electron chi connectivity index (χ3n) is 7.00. The van der Waals surface area contributed by atoms with Gasteiger partial charge in [-0.1, -0.05) is 17.3 Å². The molecule has 43 heavy (non-hydrogen) atoms. The highest BCUT2D eigenvalue weighted by atomic mass is 16.6. The summed E-state index contributed by atoms with van der Waals surface area (Å²) in [5.74, 6) is 3.83. The fraction of sp³-hybridized carbons (Fsp3) is 0.188. The number of aromatic nitrogens is 4. The van der Waals surface area contributed by atoms with Crippen LogP contribution >= 0.6 is 0 Å². The minimum absolute atomic E-state index is 0.0505. The highest BCUT2D eigenvalue weighted by molar-refractivity contribution is 6.07. The van der Waals surface area contributed by atoms with Crippen LogP contribution in [-0.4, -0.2) is 53.7 Å². The zero-order chi connectivity index (χ0) is 29.9. The van der Waals surface area contributed by atoms with Gasteiger partial charge in [0.25, 0.3) is 0 Å². The largest absolute Gasteiger partial charge is 0.497 e. The number of methoxy groups -OCH3 is 4. The molecule has 0 fully saturated rings. The molecule has 0 radical (unpaired) electrons. The van der Waals surface area contributed by atoms with Crippen LogP contribution in [0.3, 0.4) is 0 Å². The molecule has 3 aromatic heterocycles. The maximum Gasteiger partial charge on any atom is 0.232 e. The van der Waals surface area contributed by atoms with Crippen LogP contribution in [0.15, 0.2) is 82.6 Å². The van der Waals surface area contributed by atoms with Crippen molar-refractivity contribution in [2.45, 2.75) is 13.5 Å². The van der Waals surface area contributed by atoms with E-state index in [1.54, 1.807) is 39.3 Å². The van der Waals surface area contributed by atoms with E-state index in [1.807, 2.05) is 73.7 Å². The van der Waals surface area contributed by atoms with Crippen LogP contribution in [0, 0.1) is 0 Å². The van der Waals surface area contributed by atoms with E-state index in [-0.39, 0.29) is 6.61 Å². The first-order valence-corrected chi connectivity index (χ1v) is 13.4.